The molecule has 41 heavy (non-hydrogen) atoms. The van der Waals surface area contributed by atoms with E-state index in [0.717, 1.165) is 45.0 Å². The number of carbonyl (C=O) groups excluding carboxylic acids is 2. The molecule has 0 radical (unpaired) electrons. The summed E-state index contributed by atoms with van der Waals surface area (Å²) in [6.07, 6.45) is 1.48. The Morgan fingerprint density at radius 1 is 0.756 bits per heavy atom. The molecule has 1 aromatic heterocycles. The van der Waals surface area contributed by atoms with E-state index in [-0.39, 0.29) is 23.6 Å². The van der Waals surface area contributed by atoms with E-state index in [4.69, 9.17) is 4.42 Å². The van der Waals surface area contributed by atoms with Gasteiger partial charge in [0.15, 0.2) is 5.76 Å². The lowest BCUT2D eigenvalue weighted by atomic mass is 9.96. The summed E-state index contributed by atoms with van der Waals surface area (Å²) in [6.45, 7) is 6.16. The van der Waals surface area contributed by atoms with Crippen LogP contribution in [0.15, 0.2) is 102 Å². The lowest BCUT2D eigenvalue weighted by Gasteiger charge is -2.41. The fourth-order valence-electron chi connectivity index (χ4n) is 5.79. The maximum absolute atomic E-state index is 13.3. The molecule has 2 saturated heterocycles. The van der Waals surface area contributed by atoms with Crippen LogP contribution in [0.2, 0.25) is 0 Å². The molecule has 2 amide bonds. The Balaban J connectivity index is 1.24. The van der Waals surface area contributed by atoms with Crippen LogP contribution in [0.25, 0.3) is 0 Å². The third-order valence-electron chi connectivity index (χ3n) is 7.89. The minimum absolute atomic E-state index is 0.0232. The number of carbonyl (C=O) groups is 2. The van der Waals surface area contributed by atoms with Gasteiger partial charge in [0.2, 0.25) is 0 Å². The average Bonchev–Trinajstić information content (AvgIpc) is 3.58. The highest BCUT2D eigenvalue weighted by Crippen LogP contribution is 2.33. The van der Waals surface area contributed by atoms with Crippen LogP contribution in [0.5, 0.6) is 0 Å². The molecule has 2 fully saturated rings. The highest BCUT2D eigenvalue weighted by atomic mass is 16.3. The number of piperazine rings is 2. The van der Waals surface area contributed by atoms with E-state index in [1.54, 1.807) is 12.1 Å². The third-order valence-corrected chi connectivity index (χ3v) is 7.89. The molecule has 3 aromatic carbocycles. The second-order valence-electron chi connectivity index (χ2n) is 10.5. The number of nitrogens with zero attached hydrogens (tertiary/aromatic N) is 3. The monoisotopic (exact) mass is 549 g/mol. The molecule has 0 aliphatic carbocycles. The molecule has 6 rings (SSSR count). The molecule has 210 valence electrons. The van der Waals surface area contributed by atoms with Crippen LogP contribution in [-0.2, 0) is 0 Å². The first-order chi connectivity index (χ1) is 20.2. The molecular formula is C33H35N5O3. The summed E-state index contributed by atoms with van der Waals surface area (Å²) in [5, 5.41) is 6.31. The number of anilines is 2. The van der Waals surface area contributed by atoms with Crippen LogP contribution in [0.3, 0.4) is 0 Å². The Kier molecular flexibility index (Phi) is 8.11. The maximum atomic E-state index is 13.3. The smallest absolute Gasteiger partial charge is 0.291 e. The Morgan fingerprint density at radius 3 is 2.02 bits per heavy atom. The van der Waals surface area contributed by atoms with Crippen molar-refractivity contribution in [3.05, 3.63) is 120 Å². The van der Waals surface area contributed by atoms with Gasteiger partial charge in [-0.15, -0.1) is 0 Å². The summed E-state index contributed by atoms with van der Waals surface area (Å²) in [7, 11) is 0. The third kappa shape index (κ3) is 6.04. The van der Waals surface area contributed by atoms with E-state index in [0.29, 0.717) is 24.3 Å². The van der Waals surface area contributed by atoms with Crippen LogP contribution >= 0.6 is 0 Å². The molecular weight excluding hydrogens is 514 g/mol. The molecule has 2 N–H and O–H groups in total. The van der Waals surface area contributed by atoms with Gasteiger partial charge >= 0.3 is 0 Å². The van der Waals surface area contributed by atoms with Crippen molar-refractivity contribution in [1.29, 1.82) is 0 Å². The number of benzene rings is 3. The van der Waals surface area contributed by atoms with Crippen molar-refractivity contribution in [2.45, 2.75) is 6.04 Å². The lowest BCUT2D eigenvalue weighted by Crippen LogP contribution is -2.48. The van der Waals surface area contributed by atoms with E-state index in [9.17, 15) is 9.59 Å². The van der Waals surface area contributed by atoms with Gasteiger partial charge in [0.1, 0.15) is 0 Å². The summed E-state index contributed by atoms with van der Waals surface area (Å²) in [4.78, 5) is 33.0. The van der Waals surface area contributed by atoms with Crippen molar-refractivity contribution in [3.8, 4) is 0 Å². The predicted octanol–water partition coefficient (Wildman–Crippen LogP) is 4.49. The molecule has 0 spiro atoms. The van der Waals surface area contributed by atoms with Crippen LogP contribution in [0.1, 0.15) is 38.1 Å². The number of furan rings is 1. The summed E-state index contributed by atoms with van der Waals surface area (Å²) < 4.78 is 5.34. The SMILES string of the molecule is O=C(Nc1cc(C(=O)N2CCNCC2)ccc1N1CCN(C(c2ccccc2)c2ccccc2)CC1)c1ccco1. The molecule has 2 aliphatic heterocycles. The first-order valence-electron chi connectivity index (χ1n) is 14.3. The molecule has 3 heterocycles. The van der Waals surface area contributed by atoms with Crippen LogP contribution in [0.4, 0.5) is 11.4 Å². The van der Waals surface area contributed by atoms with Crippen molar-refractivity contribution < 1.29 is 14.0 Å². The van der Waals surface area contributed by atoms with Gasteiger partial charge in [-0.25, -0.2) is 0 Å². The Bertz CT molecular complexity index is 1410. The van der Waals surface area contributed by atoms with Gasteiger partial charge in [-0.3, -0.25) is 14.5 Å². The summed E-state index contributed by atoms with van der Waals surface area (Å²) in [6, 6.07) is 30.4. The fraction of sp³-hybridized carbons (Fsp3) is 0.273. The highest BCUT2D eigenvalue weighted by molar-refractivity contribution is 6.05. The van der Waals surface area contributed by atoms with E-state index >= 15 is 0 Å². The molecule has 8 heteroatoms. The number of hydrogen-bond acceptors (Lipinski definition) is 6. The zero-order chi connectivity index (χ0) is 28.0. The van der Waals surface area contributed by atoms with Crippen LogP contribution in [-0.4, -0.2) is 74.0 Å². The number of nitrogens with one attached hydrogen (secondary N) is 2. The number of rotatable bonds is 7. The van der Waals surface area contributed by atoms with E-state index < -0.39 is 0 Å². The van der Waals surface area contributed by atoms with Gasteiger partial charge in [-0.05, 0) is 41.5 Å². The van der Waals surface area contributed by atoms with Gasteiger partial charge in [0, 0.05) is 57.9 Å². The topological polar surface area (TPSA) is 81.1 Å². The van der Waals surface area contributed by atoms with Crippen LogP contribution < -0.4 is 15.5 Å². The van der Waals surface area contributed by atoms with Crippen molar-refractivity contribution in [1.82, 2.24) is 15.1 Å². The largest absolute Gasteiger partial charge is 0.459 e. The quantitative estimate of drug-likeness (QED) is 0.354. The lowest BCUT2D eigenvalue weighted by molar-refractivity contribution is 0.0735. The second kappa shape index (κ2) is 12.4. The fourth-order valence-corrected chi connectivity index (χ4v) is 5.79. The first kappa shape index (κ1) is 26.8. The molecule has 8 nitrogen and oxygen atoms in total. The molecule has 0 unspecified atom stereocenters. The highest BCUT2D eigenvalue weighted by Gasteiger charge is 2.28. The van der Waals surface area contributed by atoms with Gasteiger partial charge in [0.05, 0.1) is 23.7 Å². The van der Waals surface area contributed by atoms with E-state index in [2.05, 4.69) is 81.1 Å². The average molecular weight is 550 g/mol. The van der Waals surface area contributed by atoms with Crippen molar-refractivity contribution in [2.75, 3.05) is 62.6 Å². The first-order valence-corrected chi connectivity index (χ1v) is 14.3. The Labute approximate surface area is 240 Å². The Hall–Kier alpha value is -4.40. The molecule has 0 bridgehead atoms. The van der Waals surface area contributed by atoms with Gasteiger partial charge in [-0.2, -0.15) is 0 Å². The second-order valence-corrected chi connectivity index (χ2v) is 10.5. The summed E-state index contributed by atoms with van der Waals surface area (Å²) in [5.41, 5.74) is 4.63. The Morgan fingerprint density at radius 2 is 1.41 bits per heavy atom. The van der Waals surface area contributed by atoms with Gasteiger partial charge in [0.25, 0.3) is 11.8 Å². The predicted molar refractivity (Wildman–Crippen MR) is 160 cm³/mol. The van der Waals surface area contributed by atoms with E-state index in [1.807, 2.05) is 23.1 Å². The minimum Gasteiger partial charge on any atom is -0.459 e. The number of amides is 2. The zero-order valence-electron chi connectivity index (χ0n) is 23.0. The van der Waals surface area contributed by atoms with Crippen molar-refractivity contribution in [3.63, 3.8) is 0 Å². The van der Waals surface area contributed by atoms with Crippen molar-refractivity contribution >= 4 is 23.2 Å². The summed E-state index contributed by atoms with van der Waals surface area (Å²) in [5.74, 6) is -0.132. The van der Waals surface area contributed by atoms with Gasteiger partial charge in [-0.1, -0.05) is 60.7 Å². The zero-order valence-corrected chi connectivity index (χ0v) is 23.0. The standard InChI is InChI=1S/C33H35N5O3/c39-32(30-12-7-23-41-30)35-28-24-27(33(40)38-17-15-34-16-18-38)13-14-29(28)36-19-21-37(22-20-36)31(25-8-3-1-4-9-25)26-10-5-2-6-11-26/h1-14,23-24,31,34H,15-22H2,(H,35,39). The van der Waals surface area contributed by atoms with E-state index in [1.165, 1.54) is 17.4 Å². The van der Waals surface area contributed by atoms with Gasteiger partial charge < -0.3 is 24.9 Å². The maximum Gasteiger partial charge on any atom is 0.291 e. The molecule has 4 aromatic rings. The number of hydrogen-bond donors (Lipinski definition) is 2. The summed E-state index contributed by atoms with van der Waals surface area (Å²) >= 11 is 0. The molecule has 2 aliphatic rings. The molecule has 0 atom stereocenters. The van der Waals surface area contributed by atoms with Crippen LogP contribution in [0, 0.1) is 0 Å². The van der Waals surface area contributed by atoms with Crippen molar-refractivity contribution in [2.24, 2.45) is 0 Å². The molecule has 0 saturated carbocycles. The minimum atomic E-state index is -0.338. The normalized spacial score (nSPS) is 16.1.